The Kier molecular flexibility index (Phi) is 7.20. The fourth-order valence-corrected chi connectivity index (χ4v) is 6.49. The van der Waals surface area contributed by atoms with Crippen molar-refractivity contribution in [2.75, 3.05) is 26.3 Å². The van der Waals surface area contributed by atoms with Crippen molar-refractivity contribution < 1.29 is 17.9 Å². The van der Waals surface area contributed by atoms with Crippen LogP contribution in [0, 0.1) is 0 Å². The SMILES string of the molecule is O=C(NCC1(c2ccc(Cl)cc2)CCOCC1)C1CCCCN1S(=O)(=O)c1ccccc1. The van der Waals surface area contributed by atoms with Crippen LogP contribution in [0.1, 0.15) is 37.7 Å². The average Bonchev–Trinajstić information content (AvgIpc) is 2.84. The van der Waals surface area contributed by atoms with Gasteiger partial charge in [0.05, 0.1) is 4.90 Å². The summed E-state index contributed by atoms with van der Waals surface area (Å²) in [5, 5.41) is 3.77. The largest absolute Gasteiger partial charge is 0.381 e. The molecule has 1 N–H and O–H groups in total. The summed E-state index contributed by atoms with van der Waals surface area (Å²) in [6.07, 6.45) is 3.67. The van der Waals surface area contributed by atoms with E-state index in [0.717, 1.165) is 31.2 Å². The second-order valence-electron chi connectivity index (χ2n) is 8.56. The zero-order chi connectivity index (χ0) is 22.6. The standard InChI is InChI=1S/C24H29ClN2O4S/c25-20-11-9-19(10-12-20)24(13-16-31-17-14-24)18-26-23(28)22-8-4-5-15-27(22)32(29,30)21-6-2-1-3-7-21/h1-3,6-7,9-12,22H,4-5,8,13-18H2,(H,26,28). The molecule has 8 heteroatoms. The highest BCUT2D eigenvalue weighted by Crippen LogP contribution is 2.35. The molecule has 0 saturated carbocycles. The molecule has 4 rings (SSSR count). The summed E-state index contributed by atoms with van der Waals surface area (Å²) in [4.78, 5) is 13.5. The van der Waals surface area contributed by atoms with Crippen LogP contribution in [0.4, 0.5) is 0 Å². The molecule has 2 fully saturated rings. The number of carbonyl (C=O) groups is 1. The smallest absolute Gasteiger partial charge is 0.243 e. The van der Waals surface area contributed by atoms with E-state index in [4.69, 9.17) is 16.3 Å². The van der Waals surface area contributed by atoms with Crippen molar-refractivity contribution >= 4 is 27.5 Å². The van der Waals surface area contributed by atoms with Crippen molar-refractivity contribution in [1.82, 2.24) is 9.62 Å². The summed E-state index contributed by atoms with van der Waals surface area (Å²) in [7, 11) is -3.73. The van der Waals surface area contributed by atoms with Gasteiger partial charge in [-0.05, 0) is 55.5 Å². The van der Waals surface area contributed by atoms with E-state index < -0.39 is 16.1 Å². The van der Waals surface area contributed by atoms with Gasteiger partial charge in [0.2, 0.25) is 15.9 Å². The van der Waals surface area contributed by atoms with E-state index in [9.17, 15) is 13.2 Å². The average molecular weight is 477 g/mol. The van der Waals surface area contributed by atoms with Crippen molar-refractivity contribution in [2.24, 2.45) is 0 Å². The minimum atomic E-state index is -3.73. The maximum Gasteiger partial charge on any atom is 0.243 e. The Bertz CT molecular complexity index is 1020. The van der Waals surface area contributed by atoms with Crippen molar-refractivity contribution in [2.45, 2.75) is 48.5 Å². The number of nitrogens with zero attached hydrogens (tertiary/aromatic N) is 1. The van der Waals surface area contributed by atoms with E-state index in [1.165, 1.54) is 4.31 Å². The van der Waals surface area contributed by atoms with Gasteiger partial charge >= 0.3 is 0 Å². The molecule has 32 heavy (non-hydrogen) atoms. The Labute approximate surface area is 195 Å². The maximum atomic E-state index is 13.3. The number of carbonyl (C=O) groups excluding carboxylic acids is 1. The van der Waals surface area contributed by atoms with Gasteiger partial charge in [0, 0.05) is 36.7 Å². The Hall–Kier alpha value is -1.93. The molecule has 0 spiro atoms. The molecule has 0 aromatic heterocycles. The number of ether oxygens (including phenoxy) is 1. The molecule has 172 valence electrons. The van der Waals surface area contributed by atoms with Crippen molar-refractivity contribution in [3.63, 3.8) is 0 Å². The summed E-state index contributed by atoms with van der Waals surface area (Å²) in [6, 6.07) is 15.4. The first-order valence-electron chi connectivity index (χ1n) is 11.1. The van der Waals surface area contributed by atoms with Crippen LogP contribution >= 0.6 is 11.6 Å². The Morgan fingerprint density at radius 2 is 1.75 bits per heavy atom. The molecule has 1 amide bonds. The highest BCUT2D eigenvalue weighted by Gasteiger charge is 2.40. The summed E-state index contributed by atoms with van der Waals surface area (Å²) in [5.74, 6) is -0.232. The molecule has 2 aromatic rings. The minimum Gasteiger partial charge on any atom is -0.381 e. The molecule has 0 aliphatic carbocycles. The van der Waals surface area contributed by atoms with Crippen LogP contribution < -0.4 is 5.32 Å². The molecule has 1 unspecified atom stereocenters. The Morgan fingerprint density at radius 3 is 2.44 bits per heavy atom. The van der Waals surface area contributed by atoms with Crippen LogP contribution in [-0.2, 0) is 25.0 Å². The predicted molar refractivity (Wildman–Crippen MR) is 124 cm³/mol. The first-order chi connectivity index (χ1) is 15.4. The third-order valence-electron chi connectivity index (χ3n) is 6.61. The zero-order valence-electron chi connectivity index (χ0n) is 18.0. The molecule has 2 saturated heterocycles. The topological polar surface area (TPSA) is 75.7 Å². The lowest BCUT2D eigenvalue weighted by molar-refractivity contribution is -0.126. The van der Waals surface area contributed by atoms with Crippen molar-refractivity contribution in [3.05, 3.63) is 65.2 Å². The summed E-state index contributed by atoms with van der Waals surface area (Å²) >= 11 is 6.08. The summed E-state index contributed by atoms with van der Waals surface area (Å²) in [5.41, 5.74) is 0.860. The van der Waals surface area contributed by atoms with Crippen LogP contribution in [0.5, 0.6) is 0 Å². The molecule has 2 aliphatic heterocycles. The fraction of sp³-hybridized carbons (Fsp3) is 0.458. The number of nitrogens with one attached hydrogen (secondary N) is 1. The molecule has 2 aliphatic rings. The lowest BCUT2D eigenvalue weighted by Gasteiger charge is -2.39. The molecular formula is C24H29ClN2O4S. The van der Waals surface area contributed by atoms with Crippen LogP contribution in [0.3, 0.4) is 0 Å². The number of hydrogen-bond donors (Lipinski definition) is 1. The van der Waals surface area contributed by atoms with Gasteiger partial charge in [-0.1, -0.05) is 48.4 Å². The molecule has 2 heterocycles. The van der Waals surface area contributed by atoms with Crippen LogP contribution in [-0.4, -0.2) is 51.0 Å². The molecule has 2 aromatic carbocycles. The number of piperidine rings is 1. The molecule has 0 radical (unpaired) electrons. The van der Waals surface area contributed by atoms with E-state index in [1.54, 1.807) is 30.3 Å². The highest BCUT2D eigenvalue weighted by molar-refractivity contribution is 7.89. The van der Waals surface area contributed by atoms with Gasteiger partial charge in [0.25, 0.3) is 0 Å². The molecule has 1 atom stereocenters. The van der Waals surface area contributed by atoms with E-state index in [0.29, 0.717) is 37.7 Å². The van der Waals surface area contributed by atoms with Crippen molar-refractivity contribution in [1.29, 1.82) is 0 Å². The highest BCUT2D eigenvalue weighted by atomic mass is 35.5. The monoisotopic (exact) mass is 476 g/mol. The van der Waals surface area contributed by atoms with Gasteiger partial charge in [-0.25, -0.2) is 8.42 Å². The Morgan fingerprint density at radius 1 is 1.06 bits per heavy atom. The van der Waals surface area contributed by atoms with E-state index >= 15 is 0 Å². The number of sulfonamides is 1. The number of rotatable bonds is 6. The van der Waals surface area contributed by atoms with E-state index in [1.807, 2.05) is 24.3 Å². The second-order valence-corrected chi connectivity index (χ2v) is 10.9. The number of halogens is 1. The van der Waals surface area contributed by atoms with Gasteiger partial charge < -0.3 is 10.1 Å². The first kappa shape index (κ1) is 23.2. The van der Waals surface area contributed by atoms with Crippen LogP contribution in [0.25, 0.3) is 0 Å². The van der Waals surface area contributed by atoms with E-state index in [2.05, 4.69) is 5.32 Å². The van der Waals surface area contributed by atoms with Gasteiger partial charge in [-0.2, -0.15) is 4.31 Å². The lowest BCUT2D eigenvalue weighted by Crippen LogP contribution is -2.54. The summed E-state index contributed by atoms with van der Waals surface area (Å²) in [6.45, 7) is 2.03. The van der Waals surface area contributed by atoms with E-state index in [-0.39, 0.29) is 16.2 Å². The number of hydrogen-bond acceptors (Lipinski definition) is 4. The molecule has 6 nitrogen and oxygen atoms in total. The van der Waals surface area contributed by atoms with Crippen molar-refractivity contribution in [3.8, 4) is 0 Å². The molecular weight excluding hydrogens is 448 g/mol. The quantitative estimate of drug-likeness (QED) is 0.689. The summed E-state index contributed by atoms with van der Waals surface area (Å²) < 4.78 is 33.4. The third kappa shape index (κ3) is 4.86. The molecule has 0 bridgehead atoms. The zero-order valence-corrected chi connectivity index (χ0v) is 19.6. The minimum absolute atomic E-state index is 0.224. The predicted octanol–water partition coefficient (Wildman–Crippen LogP) is 3.75. The number of amides is 1. The first-order valence-corrected chi connectivity index (χ1v) is 12.9. The normalized spacial score (nSPS) is 21.7. The second kappa shape index (κ2) is 9.91. The van der Waals surface area contributed by atoms with Gasteiger partial charge in [-0.15, -0.1) is 0 Å². The maximum absolute atomic E-state index is 13.3. The van der Waals surface area contributed by atoms with Gasteiger partial charge in [-0.3, -0.25) is 4.79 Å². The fourth-order valence-electron chi connectivity index (χ4n) is 4.69. The van der Waals surface area contributed by atoms with Crippen LogP contribution in [0.2, 0.25) is 5.02 Å². The Balaban J connectivity index is 1.53. The van der Waals surface area contributed by atoms with Gasteiger partial charge in [0.1, 0.15) is 6.04 Å². The lowest BCUT2D eigenvalue weighted by atomic mass is 9.74. The van der Waals surface area contributed by atoms with Gasteiger partial charge in [0.15, 0.2) is 0 Å². The third-order valence-corrected chi connectivity index (χ3v) is 8.79. The van der Waals surface area contributed by atoms with Crippen LogP contribution in [0.15, 0.2) is 59.5 Å². The number of benzene rings is 2.